The fourth-order valence-corrected chi connectivity index (χ4v) is 2.79. The van der Waals surface area contributed by atoms with Gasteiger partial charge in [0.05, 0.1) is 19.0 Å². The maximum absolute atomic E-state index is 5.80. The Morgan fingerprint density at radius 1 is 1.25 bits per heavy atom. The number of fused-ring (bicyclic) bond motifs is 1. The van der Waals surface area contributed by atoms with Crippen molar-refractivity contribution in [2.24, 2.45) is 0 Å². The first-order valence-corrected chi connectivity index (χ1v) is 7.16. The molecule has 104 valence electrons. The summed E-state index contributed by atoms with van der Waals surface area (Å²) in [5, 5.41) is 4.05. The number of nitrogens with zero attached hydrogens (tertiary/aromatic N) is 1. The van der Waals surface area contributed by atoms with Crippen LogP contribution < -0.4 is 10.1 Å². The van der Waals surface area contributed by atoms with Gasteiger partial charge < -0.3 is 10.1 Å². The smallest absolute Gasteiger partial charge is 0.129 e. The van der Waals surface area contributed by atoms with E-state index in [0.717, 1.165) is 30.7 Å². The summed E-state index contributed by atoms with van der Waals surface area (Å²) in [5.41, 5.74) is 3.82. The van der Waals surface area contributed by atoms with Gasteiger partial charge in [-0.25, -0.2) is 4.98 Å². The van der Waals surface area contributed by atoms with Crippen LogP contribution in [0.15, 0.2) is 36.5 Å². The minimum Gasteiger partial charge on any atom is -0.497 e. The van der Waals surface area contributed by atoms with E-state index < -0.39 is 0 Å². The van der Waals surface area contributed by atoms with Crippen molar-refractivity contribution >= 4 is 17.3 Å². The summed E-state index contributed by atoms with van der Waals surface area (Å²) in [4.78, 5) is 4.10. The van der Waals surface area contributed by atoms with E-state index in [0.29, 0.717) is 11.2 Å². The van der Waals surface area contributed by atoms with Gasteiger partial charge in [0.25, 0.3) is 0 Å². The fraction of sp³-hybridized carbons (Fsp3) is 0.312. The number of hydrogen-bond donors (Lipinski definition) is 1. The van der Waals surface area contributed by atoms with Gasteiger partial charge in [-0.1, -0.05) is 17.7 Å². The molecule has 3 nitrogen and oxygen atoms in total. The fourth-order valence-electron chi connectivity index (χ4n) is 2.68. The lowest BCUT2D eigenvalue weighted by Crippen LogP contribution is -2.27. The average molecular weight is 289 g/mol. The van der Waals surface area contributed by atoms with Crippen LogP contribution in [0.2, 0.25) is 5.15 Å². The summed E-state index contributed by atoms with van der Waals surface area (Å²) in [6.45, 7) is 0. The molecule has 1 aromatic heterocycles. The van der Waals surface area contributed by atoms with Gasteiger partial charge in [-0.2, -0.15) is 0 Å². The predicted molar refractivity (Wildman–Crippen MR) is 81.7 cm³/mol. The number of ether oxygens (including phenoxy) is 1. The van der Waals surface area contributed by atoms with E-state index in [2.05, 4.69) is 22.4 Å². The monoisotopic (exact) mass is 288 g/mol. The van der Waals surface area contributed by atoms with Gasteiger partial charge in [0, 0.05) is 6.04 Å². The molecule has 20 heavy (non-hydrogen) atoms. The van der Waals surface area contributed by atoms with Gasteiger partial charge in [0.2, 0.25) is 0 Å². The summed E-state index contributed by atoms with van der Waals surface area (Å²) in [6.07, 6.45) is 5.01. The molecule has 0 saturated heterocycles. The summed E-state index contributed by atoms with van der Waals surface area (Å²) < 4.78 is 5.30. The quantitative estimate of drug-likeness (QED) is 0.874. The molecule has 0 bridgehead atoms. The molecule has 4 heteroatoms. The Morgan fingerprint density at radius 3 is 2.90 bits per heavy atom. The predicted octanol–water partition coefficient (Wildman–Crippen LogP) is 3.71. The highest BCUT2D eigenvalue weighted by molar-refractivity contribution is 6.29. The van der Waals surface area contributed by atoms with Crippen LogP contribution in [-0.2, 0) is 12.8 Å². The summed E-state index contributed by atoms with van der Waals surface area (Å²) >= 11 is 5.80. The van der Waals surface area contributed by atoms with E-state index in [1.807, 2.05) is 18.2 Å². The number of benzene rings is 1. The van der Waals surface area contributed by atoms with Crippen molar-refractivity contribution < 1.29 is 4.74 Å². The largest absolute Gasteiger partial charge is 0.497 e. The van der Waals surface area contributed by atoms with Gasteiger partial charge >= 0.3 is 0 Å². The van der Waals surface area contributed by atoms with Crippen LogP contribution in [0.25, 0.3) is 0 Å². The number of rotatable bonds is 3. The zero-order chi connectivity index (χ0) is 13.9. The number of aromatic nitrogens is 1. The van der Waals surface area contributed by atoms with E-state index in [4.69, 9.17) is 16.3 Å². The number of aryl methyl sites for hydroxylation is 1. The number of halogens is 1. The molecule has 0 spiro atoms. The van der Waals surface area contributed by atoms with Gasteiger partial charge in [-0.3, -0.25) is 0 Å². The molecule has 1 heterocycles. The van der Waals surface area contributed by atoms with Crippen LogP contribution in [0.4, 0.5) is 5.69 Å². The lowest BCUT2D eigenvalue weighted by atomic mass is 9.88. The zero-order valence-corrected chi connectivity index (χ0v) is 12.2. The summed E-state index contributed by atoms with van der Waals surface area (Å²) in [5.74, 6) is 0.928. The molecule has 2 aromatic rings. The normalized spacial score (nSPS) is 17.4. The number of anilines is 1. The number of methoxy groups -OCH3 is 1. The van der Waals surface area contributed by atoms with Crippen molar-refractivity contribution in [1.29, 1.82) is 0 Å². The molecule has 1 unspecified atom stereocenters. The van der Waals surface area contributed by atoms with Gasteiger partial charge in [-0.15, -0.1) is 0 Å². The molecule has 0 amide bonds. The molecule has 1 aliphatic carbocycles. The second kappa shape index (κ2) is 5.71. The lowest BCUT2D eigenvalue weighted by Gasteiger charge is -2.26. The molecule has 0 saturated carbocycles. The average Bonchev–Trinajstić information content (AvgIpc) is 2.49. The van der Waals surface area contributed by atoms with E-state index in [1.165, 1.54) is 11.1 Å². The number of nitrogens with one attached hydrogen (secondary N) is 1. The highest BCUT2D eigenvalue weighted by Gasteiger charge is 2.19. The molecule has 1 aromatic carbocycles. The van der Waals surface area contributed by atoms with Crippen LogP contribution >= 0.6 is 11.6 Å². The van der Waals surface area contributed by atoms with Crippen molar-refractivity contribution in [1.82, 2.24) is 4.98 Å². The molecule has 1 aliphatic rings. The van der Waals surface area contributed by atoms with E-state index in [1.54, 1.807) is 13.3 Å². The maximum atomic E-state index is 5.80. The Labute approximate surface area is 123 Å². The Balaban J connectivity index is 1.73. The summed E-state index contributed by atoms with van der Waals surface area (Å²) in [7, 11) is 1.71. The Morgan fingerprint density at radius 2 is 2.15 bits per heavy atom. The third-order valence-electron chi connectivity index (χ3n) is 3.74. The Bertz CT molecular complexity index is 598. The van der Waals surface area contributed by atoms with Crippen LogP contribution in [0, 0.1) is 0 Å². The van der Waals surface area contributed by atoms with E-state index in [9.17, 15) is 0 Å². The molecule has 3 rings (SSSR count). The minimum atomic E-state index is 0.428. The molecular weight excluding hydrogens is 272 g/mol. The zero-order valence-electron chi connectivity index (χ0n) is 11.4. The Hall–Kier alpha value is -1.74. The topological polar surface area (TPSA) is 34.1 Å². The van der Waals surface area contributed by atoms with Gasteiger partial charge in [0.1, 0.15) is 10.9 Å². The summed E-state index contributed by atoms with van der Waals surface area (Å²) in [6, 6.07) is 10.6. The van der Waals surface area contributed by atoms with Crippen molar-refractivity contribution in [3.63, 3.8) is 0 Å². The first-order valence-electron chi connectivity index (χ1n) is 6.78. The SMILES string of the molecule is COc1ccc2c(c1)CC(Nc1ccc(Cl)nc1)CC2. The Kier molecular flexibility index (Phi) is 3.79. The molecule has 1 N–H and O–H groups in total. The van der Waals surface area contributed by atoms with E-state index in [-0.39, 0.29) is 0 Å². The number of pyridine rings is 1. The number of hydrogen-bond acceptors (Lipinski definition) is 3. The van der Waals surface area contributed by atoms with Crippen molar-refractivity contribution in [3.8, 4) is 5.75 Å². The molecule has 1 atom stereocenters. The maximum Gasteiger partial charge on any atom is 0.129 e. The van der Waals surface area contributed by atoms with Crippen LogP contribution in [-0.4, -0.2) is 18.1 Å². The van der Waals surface area contributed by atoms with Crippen molar-refractivity contribution in [2.45, 2.75) is 25.3 Å². The van der Waals surface area contributed by atoms with Crippen molar-refractivity contribution in [3.05, 3.63) is 52.8 Å². The van der Waals surface area contributed by atoms with Crippen LogP contribution in [0.3, 0.4) is 0 Å². The molecular formula is C16H17ClN2O. The second-order valence-electron chi connectivity index (χ2n) is 5.09. The van der Waals surface area contributed by atoms with Crippen molar-refractivity contribution in [2.75, 3.05) is 12.4 Å². The first-order chi connectivity index (χ1) is 9.74. The van der Waals surface area contributed by atoms with Crippen LogP contribution in [0.1, 0.15) is 17.5 Å². The van der Waals surface area contributed by atoms with Gasteiger partial charge in [-0.05, 0) is 54.7 Å². The highest BCUT2D eigenvalue weighted by atomic mass is 35.5. The lowest BCUT2D eigenvalue weighted by molar-refractivity contribution is 0.413. The highest BCUT2D eigenvalue weighted by Crippen LogP contribution is 2.27. The molecule has 0 radical (unpaired) electrons. The standard InChI is InChI=1S/C16H17ClN2O/c1-20-15-6-3-11-2-4-13(8-12(11)9-15)19-14-5-7-16(17)18-10-14/h3,5-7,9-10,13,19H,2,4,8H2,1H3. The van der Waals surface area contributed by atoms with Crippen LogP contribution in [0.5, 0.6) is 5.75 Å². The van der Waals surface area contributed by atoms with Gasteiger partial charge in [0.15, 0.2) is 0 Å². The second-order valence-corrected chi connectivity index (χ2v) is 5.48. The first kappa shape index (κ1) is 13.3. The molecule has 0 aliphatic heterocycles. The third-order valence-corrected chi connectivity index (χ3v) is 3.96. The minimum absolute atomic E-state index is 0.428. The molecule has 0 fully saturated rings. The van der Waals surface area contributed by atoms with E-state index >= 15 is 0 Å². The third kappa shape index (κ3) is 2.88.